The summed E-state index contributed by atoms with van der Waals surface area (Å²) in [6, 6.07) is 6.89. The molecule has 26 heavy (non-hydrogen) atoms. The Labute approximate surface area is 158 Å². The lowest BCUT2D eigenvalue weighted by atomic mass is 10.1. The van der Waals surface area contributed by atoms with Crippen LogP contribution in [0.1, 0.15) is 27.3 Å². The zero-order valence-corrected chi connectivity index (χ0v) is 15.9. The molecule has 0 atom stereocenters. The number of hydrogen-bond donors (Lipinski definition) is 0. The van der Waals surface area contributed by atoms with Crippen molar-refractivity contribution in [2.24, 2.45) is 0 Å². The Morgan fingerprint density at radius 1 is 1.19 bits per heavy atom. The first-order valence-corrected chi connectivity index (χ1v) is 8.56. The lowest BCUT2D eigenvalue weighted by Gasteiger charge is -2.08. The Morgan fingerprint density at radius 2 is 1.92 bits per heavy atom. The molecular weight excluding hydrogens is 354 g/mol. The van der Waals surface area contributed by atoms with Crippen LogP contribution < -0.4 is 4.74 Å². The molecule has 1 aromatic heterocycles. The number of halogens is 1. The number of nitrogens with zero attached hydrogens (tertiary/aromatic N) is 1. The van der Waals surface area contributed by atoms with Crippen LogP contribution in [0.3, 0.4) is 0 Å². The largest absolute Gasteiger partial charge is 0.482 e. The van der Waals surface area contributed by atoms with Gasteiger partial charge in [0.05, 0.1) is 0 Å². The molecule has 138 valence electrons. The van der Waals surface area contributed by atoms with Gasteiger partial charge in [0.15, 0.2) is 13.2 Å². The zero-order chi connectivity index (χ0) is 19.3. The number of ether oxygens (including phenoxy) is 2. The van der Waals surface area contributed by atoms with E-state index in [-0.39, 0.29) is 19.0 Å². The second-order valence-corrected chi connectivity index (χ2v) is 6.37. The van der Waals surface area contributed by atoms with Crippen LogP contribution in [-0.2, 0) is 16.1 Å². The van der Waals surface area contributed by atoms with E-state index in [0.717, 1.165) is 17.0 Å². The molecule has 0 unspecified atom stereocenters. The second-order valence-electron chi connectivity index (χ2n) is 5.97. The second kappa shape index (κ2) is 8.72. The van der Waals surface area contributed by atoms with Gasteiger partial charge in [-0.2, -0.15) is 0 Å². The minimum atomic E-state index is -0.606. The van der Waals surface area contributed by atoms with Crippen molar-refractivity contribution >= 4 is 23.4 Å². The fraction of sp³-hybridized carbons (Fsp3) is 0.300. The third-order valence-corrected chi connectivity index (χ3v) is 4.46. The molecule has 1 aromatic carbocycles. The van der Waals surface area contributed by atoms with E-state index in [9.17, 15) is 9.59 Å². The van der Waals surface area contributed by atoms with Crippen molar-refractivity contribution in [3.63, 3.8) is 0 Å². The molecular formula is C20H22ClNO4. The number of carbonyl (C=O) groups excluding carboxylic acids is 2. The summed E-state index contributed by atoms with van der Waals surface area (Å²) in [4.78, 5) is 24.1. The van der Waals surface area contributed by atoms with Gasteiger partial charge in [-0.1, -0.05) is 17.7 Å². The van der Waals surface area contributed by atoms with Gasteiger partial charge in [-0.05, 0) is 50.6 Å². The van der Waals surface area contributed by atoms with Gasteiger partial charge >= 0.3 is 5.97 Å². The number of aromatic nitrogens is 1. The summed E-state index contributed by atoms with van der Waals surface area (Å²) in [6.07, 6.45) is 1.77. The molecule has 0 aliphatic carbocycles. The summed E-state index contributed by atoms with van der Waals surface area (Å²) >= 11 is 5.94. The number of allylic oxidation sites excluding steroid dienone is 1. The van der Waals surface area contributed by atoms with Gasteiger partial charge in [-0.25, -0.2) is 4.79 Å². The fourth-order valence-electron chi connectivity index (χ4n) is 2.61. The average molecular weight is 376 g/mol. The molecule has 0 aliphatic heterocycles. The maximum atomic E-state index is 12.3. The van der Waals surface area contributed by atoms with E-state index in [0.29, 0.717) is 22.9 Å². The molecule has 0 amide bonds. The molecule has 0 saturated carbocycles. The highest BCUT2D eigenvalue weighted by atomic mass is 35.5. The van der Waals surface area contributed by atoms with E-state index >= 15 is 0 Å². The minimum absolute atomic E-state index is 0.246. The fourth-order valence-corrected chi connectivity index (χ4v) is 2.73. The van der Waals surface area contributed by atoms with E-state index in [1.54, 1.807) is 30.3 Å². The van der Waals surface area contributed by atoms with Crippen LogP contribution in [0.25, 0.3) is 0 Å². The van der Waals surface area contributed by atoms with Crippen LogP contribution in [0.5, 0.6) is 5.75 Å². The summed E-state index contributed by atoms with van der Waals surface area (Å²) in [5.74, 6) is -0.335. The van der Waals surface area contributed by atoms with E-state index in [1.165, 1.54) is 0 Å². The van der Waals surface area contributed by atoms with Crippen LogP contribution in [0.15, 0.2) is 36.9 Å². The highest BCUT2D eigenvalue weighted by molar-refractivity contribution is 6.31. The van der Waals surface area contributed by atoms with Crippen LogP contribution >= 0.6 is 11.6 Å². The first kappa shape index (κ1) is 19.8. The van der Waals surface area contributed by atoms with Gasteiger partial charge < -0.3 is 14.0 Å². The molecule has 0 N–H and O–H groups in total. The minimum Gasteiger partial charge on any atom is -0.482 e. The van der Waals surface area contributed by atoms with Gasteiger partial charge in [0.2, 0.25) is 5.78 Å². The number of esters is 1. The van der Waals surface area contributed by atoms with Crippen LogP contribution in [0.2, 0.25) is 5.02 Å². The van der Waals surface area contributed by atoms with Gasteiger partial charge in [0.1, 0.15) is 5.75 Å². The van der Waals surface area contributed by atoms with E-state index in [4.69, 9.17) is 21.1 Å². The molecule has 0 saturated heterocycles. The number of benzene rings is 1. The molecule has 0 aliphatic rings. The number of Topliss-reactive ketones (excluding diaryl/α,β-unsaturated/α-hetero) is 1. The first-order chi connectivity index (χ1) is 12.3. The van der Waals surface area contributed by atoms with E-state index in [1.807, 2.05) is 25.3 Å². The Hall–Kier alpha value is -2.53. The number of ketones is 1. The van der Waals surface area contributed by atoms with Crippen molar-refractivity contribution in [3.05, 3.63) is 64.5 Å². The van der Waals surface area contributed by atoms with Crippen molar-refractivity contribution in [3.8, 4) is 5.75 Å². The summed E-state index contributed by atoms with van der Waals surface area (Å²) in [7, 11) is 0. The molecule has 6 heteroatoms. The molecule has 1 heterocycles. The predicted octanol–water partition coefficient (Wildman–Crippen LogP) is 4.06. The zero-order valence-electron chi connectivity index (χ0n) is 15.2. The normalized spacial score (nSPS) is 10.5. The molecule has 0 bridgehead atoms. The van der Waals surface area contributed by atoms with Crippen LogP contribution in [0, 0.1) is 20.8 Å². The molecule has 0 spiro atoms. The summed E-state index contributed by atoms with van der Waals surface area (Å²) < 4.78 is 12.4. The SMILES string of the molecule is C=CCn1c(C)cc(C(=O)COC(=O)COc2ccc(Cl)c(C)c2)c1C. The molecule has 2 aromatic rings. The lowest BCUT2D eigenvalue weighted by molar-refractivity contribution is -0.144. The van der Waals surface area contributed by atoms with Crippen molar-refractivity contribution in [2.75, 3.05) is 13.2 Å². The standard InChI is InChI=1S/C20H22ClNO4/c1-5-8-22-14(3)10-17(15(22)4)19(23)11-26-20(24)12-25-16-6-7-18(21)13(2)9-16/h5-7,9-10H,1,8,11-12H2,2-4H3. The van der Waals surface area contributed by atoms with Crippen molar-refractivity contribution < 1.29 is 19.1 Å². The van der Waals surface area contributed by atoms with Crippen molar-refractivity contribution in [1.82, 2.24) is 4.57 Å². The van der Waals surface area contributed by atoms with E-state index < -0.39 is 5.97 Å². The van der Waals surface area contributed by atoms with Gasteiger partial charge in [0, 0.05) is 28.5 Å². The van der Waals surface area contributed by atoms with Gasteiger partial charge in [-0.3, -0.25) is 4.79 Å². The Kier molecular flexibility index (Phi) is 6.64. The Bertz CT molecular complexity index is 839. The number of carbonyl (C=O) groups is 2. The van der Waals surface area contributed by atoms with Crippen molar-refractivity contribution in [1.29, 1.82) is 0 Å². The molecule has 2 rings (SSSR count). The average Bonchev–Trinajstić information content (AvgIpc) is 2.89. The summed E-state index contributed by atoms with van der Waals surface area (Å²) in [5, 5.41) is 0.625. The molecule has 0 radical (unpaired) electrons. The first-order valence-electron chi connectivity index (χ1n) is 8.19. The van der Waals surface area contributed by atoms with E-state index in [2.05, 4.69) is 6.58 Å². The smallest absolute Gasteiger partial charge is 0.344 e. The Morgan fingerprint density at radius 3 is 2.58 bits per heavy atom. The summed E-state index contributed by atoms with van der Waals surface area (Å²) in [6.45, 7) is 9.36. The highest BCUT2D eigenvalue weighted by Gasteiger charge is 2.17. The van der Waals surface area contributed by atoms with Gasteiger partial charge in [-0.15, -0.1) is 6.58 Å². The van der Waals surface area contributed by atoms with Crippen LogP contribution in [-0.4, -0.2) is 29.5 Å². The molecule has 5 nitrogen and oxygen atoms in total. The number of aryl methyl sites for hydroxylation is 2. The monoisotopic (exact) mass is 375 g/mol. The Balaban J connectivity index is 1.88. The molecule has 0 fully saturated rings. The van der Waals surface area contributed by atoms with Crippen LogP contribution in [0.4, 0.5) is 0 Å². The number of hydrogen-bond acceptors (Lipinski definition) is 4. The maximum Gasteiger partial charge on any atom is 0.344 e. The lowest BCUT2D eigenvalue weighted by Crippen LogP contribution is -2.20. The predicted molar refractivity (Wildman–Crippen MR) is 101 cm³/mol. The topological polar surface area (TPSA) is 57.5 Å². The van der Waals surface area contributed by atoms with Crippen molar-refractivity contribution in [2.45, 2.75) is 27.3 Å². The van der Waals surface area contributed by atoms with Gasteiger partial charge in [0.25, 0.3) is 0 Å². The quantitative estimate of drug-likeness (QED) is 0.396. The number of rotatable bonds is 8. The third-order valence-electron chi connectivity index (χ3n) is 4.04. The highest BCUT2D eigenvalue weighted by Crippen LogP contribution is 2.21. The maximum absolute atomic E-state index is 12.3. The third kappa shape index (κ3) is 4.76. The summed E-state index contributed by atoms with van der Waals surface area (Å²) in [5.41, 5.74) is 3.18.